The average Bonchev–Trinajstić information content (AvgIpc) is 2.90. The van der Waals surface area contributed by atoms with Crippen molar-refractivity contribution in [2.75, 3.05) is 19.7 Å². The molecular weight excluding hydrogens is 361 g/mol. The first-order valence-corrected chi connectivity index (χ1v) is 9.52. The van der Waals surface area contributed by atoms with Gasteiger partial charge in [0, 0.05) is 19.5 Å². The molecule has 1 unspecified atom stereocenters. The molecule has 0 saturated carbocycles. The highest BCUT2D eigenvalue weighted by atomic mass is 19.1. The van der Waals surface area contributed by atoms with Crippen molar-refractivity contribution >= 4 is 11.7 Å². The maximum absolute atomic E-state index is 12.9. The van der Waals surface area contributed by atoms with Crippen molar-refractivity contribution in [3.63, 3.8) is 0 Å². The quantitative estimate of drug-likeness (QED) is 0.812. The molecule has 2 aromatic carbocycles. The Kier molecular flexibility index (Phi) is 5.03. The topological polar surface area (TPSA) is 55.8 Å². The molecule has 1 amide bonds. The second kappa shape index (κ2) is 7.62. The molecule has 0 aromatic heterocycles. The minimum Gasteiger partial charge on any atom is -0.486 e. The van der Waals surface area contributed by atoms with Crippen molar-refractivity contribution in [1.29, 1.82) is 0 Å². The fourth-order valence-electron chi connectivity index (χ4n) is 3.91. The zero-order chi connectivity index (χ0) is 19.6. The van der Waals surface area contributed by atoms with E-state index in [4.69, 9.17) is 9.47 Å². The molecule has 146 valence electrons. The van der Waals surface area contributed by atoms with E-state index in [0.717, 1.165) is 12.8 Å². The van der Waals surface area contributed by atoms with Gasteiger partial charge in [-0.3, -0.25) is 9.59 Å². The minimum atomic E-state index is -0.543. The smallest absolute Gasteiger partial charge is 0.260 e. The van der Waals surface area contributed by atoms with Crippen molar-refractivity contribution < 1.29 is 23.5 Å². The van der Waals surface area contributed by atoms with E-state index in [9.17, 15) is 14.0 Å². The van der Waals surface area contributed by atoms with Crippen LogP contribution in [-0.4, -0.2) is 41.9 Å². The fourth-order valence-corrected chi connectivity index (χ4v) is 3.91. The Hall–Kier alpha value is -2.89. The van der Waals surface area contributed by atoms with E-state index < -0.39 is 5.60 Å². The summed E-state index contributed by atoms with van der Waals surface area (Å²) in [5.41, 5.74) is 0.0937. The summed E-state index contributed by atoms with van der Waals surface area (Å²) >= 11 is 0. The Balaban J connectivity index is 1.38. The number of likely N-dealkylation sites (tertiary alicyclic amines) is 1. The van der Waals surface area contributed by atoms with E-state index in [2.05, 4.69) is 0 Å². The summed E-state index contributed by atoms with van der Waals surface area (Å²) in [6.07, 6.45) is 2.45. The highest BCUT2D eigenvalue weighted by Gasteiger charge is 2.41. The number of hydrogen-bond donors (Lipinski definition) is 0. The molecule has 1 atom stereocenters. The van der Waals surface area contributed by atoms with Crippen LogP contribution in [0.3, 0.4) is 0 Å². The summed E-state index contributed by atoms with van der Waals surface area (Å²) in [6.45, 7) is 1.02. The Morgan fingerprint density at radius 1 is 1.11 bits per heavy atom. The second-order valence-electron chi connectivity index (χ2n) is 7.36. The summed E-state index contributed by atoms with van der Waals surface area (Å²) < 4.78 is 24.7. The van der Waals surface area contributed by atoms with Crippen LogP contribution in [-0.2, 0) is 4.79 Å². The lowest BCUT2D eigenvalue weighted by molar-refractivity contribution is -0.133. The Morgan fingerprint density at radius 3 is 2.71 bits per heavy atom. The normalized spacial score (nSPS) is 21.6. The van der Waals surface area contributed by atoms with Crippen LogP contribution in [0.25, 0.3) is 0 Å². The van der Waals surface area contributed by atoms with Crippen LogP contribution in [0.5, 0.6) is 11.5 Å². The van der Waals surface area contributed by atoms with Crippen LogP contribution in [0.4, 0.5) is 4.39 Å². The van der Waals surface area contributed by atoms with Gasteiger partial charge in [0.1, 0.15) is 22.9 Å². The van der Waals surface area contributed by atoms with Gasteiger partial charge in [0.25, 0.3) is 5.91 Å². The summed E-state index contributed by atoms with van der Waals surface area (Å²) in [4.78, 5) is 26.9. The molecule has 5 nitrogen and oxygen atoms in total. The van der Waals surface area contributed by atoms with Crippen LogP contribution < -0.4 is 9.47 Å². The zero-order valence-electron chi connectivity index (χ0n) is 15.5. The van der Waals surface area contributed by atoms with Gasteiger partial charge in [0.05, 0.1) is 12.0 Å². The first-order chi connectivity index (χ1) is 13.5. The van der Waals surface area contributed by atoms with Gasteiger partial charge in [-0.25, -0.2) is 4.39 Å². The van der Waals surface area contributed by atoms with Crippen LogP contribution in [0.1, 0.15) is 36.0 Å². The molecule has 1 fully saturated rings. The third kappa shape index (κ3) is 3.86. The molecule has 1 spiro atoms. The predicted octanol–water partition coefficient (Wildman–Crippen LogP) is 3.62. The Morgan fingerprint density at radius 2 is 1.89 bits per heavy atom. The number of halogens is 1. The standard InChI is InChI=1S/C22H22FNO4/c23-16-6-8-17(9-7-16)27-15-21(26)24-12-3-10-22(11-13-24)14-19(25)18-4-1-2-5-20(18)28-22/h1-2,4-9H,3,10-15H2. The lowest BCUT2D eigenvalue weighted by Gasteiger charge is -2.37. The van der Waals surface area contributed by atoms with Crippen molar-refractivity contribution in [3.8, 4) is 11.5 Å². The highest BCUT2D eigenvalue weighted by Crippen LogP contribution is 2.39. The van der Waals surface area contributed by atoms with Crippen LogP contribution >= 0.6 is 0 Å². The van der Waals surface area contributed by atoms with Gasteiger partial charge in [-0.1, -0.05) is 12.1 Å². The molecule has 2 aliphatic heterocycles. The molecule has 0 radical (unpaired) electrons. The van der Waals surface area contributed by atoms with Gasteiger partial charge in [-0.05, 0) is 49.2 Å². The maximum atomic E-state index is 12.9. The average molecular weight is 383 g/mol. The number of benzene rings is 2. The molecule has 0 N–H and O–H groups in total. The number of rotatable bonds is 3. The van der Waals surface area contributed by atoms with Gasteiger partial charge in [0.15, 0.2) is 12.4 Å². The number of carbonyl (C=O) groups is 2. The van der Waals surface area contributed by atoms with Gasteiger partial charge in [-0.15, -0.1) is 0 Å². The second-order valence-corrected chi connectivity index (χ2v) is 7.36. The minimum absolute atomic E-state index is 0.0960. The summed E-state index contributed by atoms with van der Waals surface area (Å²) in [7, 11) is 0. The number of ketones is 1. The number of para-hydroxylation sites is 1. The van der Waals surface area contributed by atoms with Gasteiger partial charge in [0.2, 0.25) is 0 Å². The molecule has 2 aliphatic rings. The van der Waals surface area contributed by atoms with Crippen molar-refractivity contribution in [2.45, 2.75) is 31.3 Å². The van der Waals surface area contributed by atoms with Crippen molar-refractivity contribution in [3.05, 3.63) is 59.9 Å². The van der Waals surface area contributed by atoms with E-state index >= 15 is 0 Å². The third-order valence-electron chi connectivity index (χ3n) is 5.42. The molecular formula is C22H22FNO4. The molecule has 2 heterocycles. The molecule has 6 heteroatoms. The summed E-state index contributed by atoms with van der Waals surface area (Å²) in [5, 5.41) is 0. The monoisotopic (exact) mass is 383 g/mol. The number of nitrogens with zero attached hydrogens (tertiary/aromatic N) is 1. The van der Waals surface area contributed by atoms with Gasteiger partial charge >= 0.3 is 0 Å². The number of ether oxygens (including phenoxy) is 2. The molecule has 4 rings (SSSR count). The van der Waals surface area contributed by atoms with Crippen molar-refractivity contribution in [1.82, 2.24) is 4.90 Å². The van der Waals surface area contributed by atoms with Crippen LogP contribution in [0.2, 0.25) is 0 Å². The predicted molar refractivity (Wildman–Crippen MR) is 101 cm³/mol. The van der Waals surface area contributed by atoms with E-state index in [-0.39, 0.29) is 24.1 Å². The van der Waals surface area contributed by atoms with Gasteiger partial charge < -0.3 is 14.4 Å². The molecule has 28 heavy (non-hydrogen) atoms. The summed E-state index contributed by atoms with van der Waals surface area (Å²) in [6, 6.07) is 12.9. The van der Waals surface area contributed by atoms with Crippen LogP contribution in [0.15, 0.2) is 48.5 Å². The maximum Gasteiger partial charge on any atom is 0.260 e. The lowest BCUT2D eigenvalue weighted by Crippen LogP contribution is -2.43. The molecule has 0 aliphatic carbocycles. The largest absolute Gasteiger partial charge is 0.486 e. The Labute approximate surface area is 163 Å². The number of hydrogen-bond acceptors (Lipinski definition) is 4. The lowest BCUT2D eigenvalue weighted by atomic mass is 9.84. The first-order valence-electron chi connectivity index (χ1n) is 9.52. The zero-order valence-corrected chi connectivity index (χ0v) is 15.5. The third-order valence-corrected chi connectivity index (χ3v) is 5.42. The summed E-state index contributed by atoms with van der Waals surface area (Å²) in [5.74, 6) is 0.724. The number of amides is 1. The highest BCUT2D eigenvalue weighted by molar-refractivity contribution is 6.00. The SMILES string of the molecule is O=C1CC2(CCCN(C(=O)COc3ccc(F)cc3)CC2)Oc2ccccc21. The number of carbonyl (C=O) groups excluding carboxylic acids is 2. The van der Waals surface area contributed by atoms with Crippen LogP contribution in [0, 0.1) is 5.82 Å². The van der Waals surface area contributed by atoms with E-state index in [1.165, 1.54) is 24.3 Å². The fraction of sp³-hybridized carbons (Fsp3) is 0.364. The first kappa shape index (κ1) is 18.5. The van der Waals surface area contributed by atoms with Crippen molar-refractivity contribution in [2.24, 2.45) is 0 Å². The Bertz CT molecular complexity index is 882. The number of Topliss-reactive ketones (excluding diaryl/α,β-unsaturated/α-hetero) is 1. The van der Waals surface area contributed by atoms with Gasteiger partial charge in [-0.2, -0.15) is 0 Å². The van der Waals surface area contributed by atoms with E-state index in [1.54, 1.807) is 11.0 Å². The molecule has 2 aromatic rings. The molecule has 0 bridgehead atoms. The van der Waals surface area contributed by atoms with E-state index in [1.807, 2.05) is 18.2 Å². The molecule has 1 saturated heterocycles. The number of fused-ring (bicyclic) bond motifs is 1. The van der Waals surface area contributed by atoms with E-state index in [0.29, 0.717) is 43.0 Å².